The summed E-state index contributed by atoms with van der Waals surface area (Å²) in [5.74, 6) is 0.921. The number of ether oxygens (including phenoxy) is 1. The van der Waals surface area contributed by atoms with Gasteiger partial charge in [0.25, 0.3) is 0 Å². The molecule has 2 aliphatic rings. The van der Waals surface area contributed by atoms with Crippen LogP contribution in [0.1, 0.15) is 45.6 Å². The van der Waals surface area contributed by atoms with Crippen molar-refractivity contribution in [2.24, 2.45) is 5.41 Å². The first-order chi connectivity index (χ1) is 10.3. The fourth-order valence-electron chi connectivity index (χ4n) is 3.67. The van der Waals surface area contributed by atoms with Crippen molar-refractivity contribution in [1.29, 1.82) is 0 Å². The second-order valence-electron chi connectivity index (χ2n) is 7.90. The summed E-state index contributed by atoms with van der Waals surface area (Å²) in [5.41, 5.74) is 1.63. The van der Waals surface area contributed by atoms with Gasteiger partial charge in [-0.05, 0) is 42.4 Å². The molecule has 1 aromatic rings. The fraction of sp³-hybridized carbons (Fsp3) is 0.611. The van der Waals surface area contributed by atoms with E-state index in [9.17, 15) is 4.79 Å². The van der Waals surface area contributed by atoms with Crippen LogP contribution >= 0.6 is 0 Å². The van der Waals surface area contributed by atoms with Crippen LogP contribution in [0.4, 0.5) is 4.79 Å². The van der Waals surface area contributed by atoms with Gasteiger partial charge in [0.1, 0.15) is 5.75 Å². The molecule has 1 saturated heterocycles. The molecule has 0 aromatic heterocycles. The predicted octanol–water partition coefficient (Wildman–Crippen LogP) is 3.90. The number of nitrogens with zero attached hydrogens (tertiary/aromatic N) is 1. The molecule has 3 rings (SSSR count). The molecule has 1 unspecified atom stereocenters. The summed E-state index contributed by atoms with van der Waals surface area (Å²) >= 11 is 0. The van der Waals surface area contributed by atoms with E-state index in [1.807, 2.05) is 0 Å². The molecule has 1 heterocycles. The molecule has 120 valence electrons. The Bertz CT molecular complexity index is 553. The summed E-state index contributed by atoms with van der Waals surface area (Å²) in [4.78, 5) is 12.4. The highest BCUT2D eigenvalue weighted by atomic mass is 16.5. The molecule has 4 nitrogen and oxygen atoms in total. The molecule has 1 aliphatic heterocycles. The van der Waals surface area contributed by atoms with Gasteiger partial charge in [0.15, 0.2) is 0 Å². The number of carboxylic acid groups (broad SMARTS) is 1. The lowest BCUT2D eigenvalue weighted by atomic mass is 9.78. The lowest BCUT2D eigenvalue weighted by molar-refractivity contribution is 0.00792. The number of likely N-dealkylation sites (tertiary alicyclic amines) is 1. The Hall–Kier alpha value is -1.71. The fourth-order valence-corrected chi connectivity index (χ4v) is 3.67. The number of hydrogen-bond donors (Lipinski definition) is 1. The van der Waals surface area contributed by atoms with Gasteiger partial charge in [-0.15, -0.1) is 0 Å². The first-order valence-corrected chi connectivity index (χ1v) is 8.03. The zero-order valence-electron chi connectivity index (χ0n) is 13.6. The second kappa shape index (κ2) is 5.18. The predicted molar refractivity (Wildman–Crippen MR) is 85.4 cm³/mol. The van der Waals surface area contributed by atoms with Gasteiger partial charge >= 0.3 is 6.09 Å². The standard InChI is InChI=1S/C18H25NO3/c1-17(2,3)13-4-6-14(7-5-13)22-15-8-9-18(10-15)11-19(12-18)16(20)21/h4-7,15H,8-12H2,1-3H3,(H,20,21). The zero-order chi connectivity index (χ0) is 16.0. The van der Waals surface area contributed by atoms with Gasteiger partial charge in [-0.2, -0.15) is 0 Å². The molecule has 1 atom stereocenters. The minimum Gasteiger partial charge on any atom is -0.490 e. The molecule has 1 amide bonds. The average molecular weight is 303 g/mol. The van der Waals surface area contributed by atoms with Crippen LogP contribution in [-0.2, 0) is 5.41 Å². The van der Waals surface area contributed by atoms with Crippen molar-refractivity contribution in [1.82, 2.24) is 4.90 Å². The Morgan fingerprint density at radius 1 is 1.27 bits per heavy atom. The molecular weight excluding hydrogens is 278 g/mol. The van der Waals surface area contributed by atoms with Crippen LogP contribution < -0.4 is 4.74 Å². The first kappa shape index (κ1) is 15.2. The van der Waals surface area contributed by atoms with Gasteiger partial charge in [-0.1, -0.05) is 32.9 Å². The van der Waals surface area contributed by atoms with E-state index < -0.39 is 6.09 Å². The third kappa shape index (κ3) is 2.92. The zero-order valence-corrected chi connectivity index (χ0v) is 13.6. The van der Waals surface area contributed by atoms with Gasteiger partial charge < -0.3 is 14.7 Å². The molecule has 1 aliphatic carbocycles. The molecule has 4 heteroatoms. The summed E-state index contributed by atoms with van der Waals surface area (Å²) in [6, 6.07) is 8.37. The third-order valence-corrected chi connectivity index (χ3v) is 5.00. The maximum Gasteiger partial charge on any atom is 0.407 e. The lowest BCUT2D eigenvalue weighted by Gasteiger charge is -2.46. The smallest absolute Gasteiger partial charge is 0.407 e. The highest BCUT2D eigenvalue weighted by molar-refractivity contribution is 5.66. The number of amides is 1. The molecule has 22 heavy (non-hydrogen) atoms. The molecule has 2 fully saturated rings. The van der Waals surface area contributed by atoms with Gasteiger partial charge in [-0.25, -0.2) is 4.79 Å². The third-order valence-electron chi connectivity index (χ3n) is 5.00. The number of benzene rings is 1. The SMILES string of the molecule is CC(C)(C)c1ccc(OC2CCC3(C2)CN(C(=O)O)C3)cc1. The maximum absolute atomic E-state index is 10.9. The van der Waals surface area contributed by atoms with E-state index in [0.717, 1.165) is 25.0 Å². The average Bonchev–Trinajstić information content (AvgIpc) is 2.80. The number of carbonyl (C=O) groups is 1. The van der Waals surface area contributed by atoms with Crippen molar-refractivity contribution in [3.8, 4) is 5.75 Å². The van der Waals surface area contributed by atoms with E-state index in [1.165, 1.54) is 10.5 Å². The van der Waals surface area contributed by atoms with E-state index in [1.54, 1.807) is 0 Å². The summed E-state index contributed by atoms with van der Waals surface area (Å²) < 4.78 is 6.10. The summed E-state index contributed by atoms with van der Waals surface area (Å²) in [6.45, 7) is 7.95. The van der Waals surface area contributed by atoms with Gasteiger partial charge in [0, 0.05) is 18.5 Å². The van der Waals surface area contributed by atoms with Crippen molar-refractivity contribution in [3.63, 3.8) is 0 Å². The van der Waals surface area contributed by atoms with Crippen LogP contribution in [0.15, 0.2) is 24.3 Å². The normalized spacial score (nSPS) is 23.4. The van der Waals surface area contributed by atoms with Crippen molar-refractivity contribution < 1.29 is 14.6 Å². The largest absolute Gasteiger partial charge is 0.490 e. The summed E-state index contributed by atoms with van der Waals surface area (Å²) in [5, 5.41) is 8.96. The van der Waals surface area contributed by atoms with Crippen LogP contribution in [-0.4, -0.2) is 35.3 Å². The Balaban J connectivity index is 1.56. The second-order valence-corrected chi connectivity index (χ2v) is 7.90. The Morgan fingerprint density at radius 2 is 1.91 bits per heavy atom. The first-order valence-electron chi connectivity index (χ1n) is 8.03. The van der Waals surface area contributed by atoms with E-state index in [2.05, 4.69) is 45.0 Å². The Morgan fingerprint density at radius 3 is 2.45 bits per heavy atom. The quantitative estimate of drug-likeness (QED) is 0.901. The van der Waals surface area contributed by atoms with Crippen LogP contribution in [0.5, 0.6) is 5.75 Å². The van der Waals surface area contributed by atoms with E-state index in [0.29, 0.717) is 13.1 Å². The molecule has 0 bridgehead atoms. The topological polar surface area (TPSA) is 49.8 Å². The van der Waals surface area contributed by atoms with Crippen LogP contribution in [0.2, 0.25) is 0 Å². The van der Waals surface area contributed by atoms with Crippen LogP contribution in [0, 0.1) is 5.41 Å². The number of hydrogen-bond acceptors (Lipinski definition) is 2. The highest BCUT2D eigenvalue weighted by Gasteiger charge is 2.50. The van der Waals surface area contributed by atoms with Gasteiger partial charge in [0.2, 0.25) is 0 Å². The maximum atomic E-state index is 10.9. The van der Waals surface area contributed by atoms with Crippen molar-refractivity contribution >= 4 is 6.09 Å². The van der Waals surface area contributed by atoms with Gasteiger partial charge in [-0.3, -0.25) is 0 Å². The molecule has 1 spiro atoms. The highest BCUT2D eigenvalue weighted by Crippen LogP contribution is 2.46. The minimum absolute atomic E-state index is 0.155. The van der Waals surface area contributed by atoms with Crippen LogP contribution in [0.25, 0.3) is 0 Å². The number of rotatable bonds is 2. The molecule has 1 N–H and O–H groups in total. The molecular formula is C18H25NO3. The van der Waals surface area contributed by atoms with E-state index >= 15 is 0 Å². The van der Waals surface area contributed by atoms with Gasteiger partial charge in [0.05, 0.1) is 6.10 Å². The lowest BCUT2D eigenvalue weighted by Crippen LogP contribution is -2.57. The van der Waals surface area contributed by atoms with E-state index in [4.69, 9.17) is 9.84 Å². The monoisotopic (exact) mass is 303 g/mol. The van der Waals surface area contributed by atoms with E-state index in [-0.39, 0.29) is 16.9 Å². The molecule has 0 radical (unpaired) electrons. The van der Waals surface area contributed by atoms with Crippen molar-refractivity contribution in [3.05, 3.63) is 29.8 Å². The Labute approximate surface area is 132 Å². The molecule has 1 saturated carbocycles. The van der Waals surface area contributed by atoms with Crippen LogP contribution in [0.3, 0.4) is 0 Å². The Kier molecular flexibility index (Phi) is 3.58. The summed E-state index contributed by atoms with van der Waals surface area (Å²) in [7, 11) is 0. The van der Waals surface area contributed by atoms with Crippen molar-refractivity contribution in [2.45, 2.75) is 51.6 Å². The molecule has 1 aromatic carbocycles. The minimum atomic E-state index is -0.798. The van der Waals surface area contributed by atoms with Crippen molar-refractivity contribution in [2.75, 3.05) is 13.1 Å². The summed E-state index contributed by atoms with van der Waals surface area (Å²) in [6.07, 6.45) is 2.48.